The molecule has 7 heteroatoms. The standard InChI is InChI=1S/C19H23N5O2/c1-2-22-13-15(12-17(22)25)19(26)23-9-8-16-20-21-18(24(16)11-10-23)14-6-4-3-5-7-14/h3-7,15H,2,8-13H2,1H3/t15-/m0/s1. The number of rotatable bonds is 3. The lowest BCUT2D eigenvalue weighted by molar-refractivity contribution is -0.135. The van der Waals surface area contributed by atoms with Gasteiger partial charge in [-0.15, -0.1) is 10.2 Å². The fraction of sp³-hybridized carbons (Fsp3) is 0.474. The molecule has 3 heterocycles. The highest BCUT2D eigenvalue weighted by Gasteiger charge is 2.36. The van der Waals surface area contributed by atoms with E-state index >= 15 is 0 Å². The summed E-state index contributed by atoms with van der Waals surface area (Å²) in [4.78, 5) is 28.5. The Morgan fingerprint density at radius 2 is 1.96 bits per heavy atom. The van der Waals surface area contributed by atoms with Crippen molar-refractivity contribution in [3.05, 3.63) is 36.2 Å². The number of benzene rings is 1. The van der Waals surface area contributed by atoms with Gasteiger partial charge >= 0.3 is 0 Å². The quantitative estimate of drug-likeness (QED) is 0.831. The van der Waals surface area contributed by atoms with Crippen molar-refractivity contribution in [3.63, 3.8) is 0 Å². The van der Waals surface area contributed by atoms with E-state index in [2.05, 4.69) is 14.8 Å². The second kappa shape index (κ2) is 6.90. The summed E-state index contributed by atoms with van der Waals surface area (Å²) in [6, 6.07) is 10.00. The summed E-state index contributed by atoms with van der Waals surface area (Å²) in [5.74, 6) is 1.73. The molecule has 1 aromatic heterocycles. The Kier molecular flexibility index (Phi) is 4.44. The number of fused-ring (bicyclic) bond motifs is 1. The molecule has 2 aliphatic rings. The number of hydrogen-bond acceptors (Lipinski definition) is 4. The number of carbonyl (C=O) groups is 2. The van der Waals surface area contributed by atoms with Crippen LogP contribution in [0, 0.1) is 5.92 Å². The van der Waals surface area contributed by atoms with Gasteiger partial charge in [-0.3, -0.25) is 9.59 Å². The van der Waals surface area contributed by atoms with Crippen molar-refractivity contribution in [2.24, 2.45) is 5.92 Å². The summed E-state index contributed by atoms with van der Waals surface area (Å²) in [6.07, 6.45) is 1.02. The van der Waals surface area contributed by atoms with Gasteiger partial charge in [0.05, 0.1) is 5.92 Å². The fourth-order valence-corrected chi connectivity index (χ4v) is 3.85. The second-order valence-corrected chi connectivity index (χ2v) is 6.87. The summed E-state index contributed by atoms with van der Waals surface area (Å²) in [5.41, 5.74) is 1.03. The molecule has 0 aliphatic carbocycles. The van der Waals surface area contributed by atoms with Crippen molar-refractivity contribution in [2.75, 3.05) is 26.2 Å². The molecular weight excluding hydrogens is 330 g/mol. The van der Waals surface area contributed by atoms with Gasteiger partial charge in [0.1, 0.15) is 5.82 Å². The third kappa shape index (κ3) is 2.98. The minimum atomic E-state index is -0.209. The van der Waals surface area contributed by atoms with Gasteiger partial charge in [-0.1, -0.05) is 30.3 Å². The molecule has 7 nitrogen and oxygen atoms in total. The van der Waals surface area contributed by atoms with Crippen LogP contribution >= 0.6 is 0 Å². The summed E-state index contributed by atoms with van der Waals surface area (Å²) in [5, 5.41) is 8.68. The molecule has 0 N–H and O–H groups in total. The molecule has 0 spiro atoms. The molecule has 0 bridgehead atoms. The van der Waals surface area contributed by atoms with Crippen LogP contribution < -0.4 is 0 Å². The maximum Gasteiger partial charge on any atom is 0.228 e. The maximum absolute atomic E-state index is 12.9. The monoisotopic (exact) mass is 353 g/mol. The highest BCUT2D eigenvalue weighted by atomic mass is 16.2. The lowest BCUT2D eigenvalue weighted by atomic mass is 10.1. The van der Waals surface area contributed by atoms with E-state index in [9.17, 15) is 9.59 Å². The predicted molar refractivity (Wildman–Crippen MR) is 96.1 cm³/mol. The Morgan fingerprint density at radius 1 is 1.15 bits per heavy atom. The Labute approximate surface area is 152 Å². The largest absolute Gasteiger partial charge is 0.342 e. The Bertz CT molecular complexity index is 817. The van der Waals surface area contributed by atoms with Crippen LogP contribution in [0.5, 0.6) is 0 Å². The molecule has 136 valence electrons. The van der Waals surface area contributed by atoms with Crippen molar-refractivity contribution >= 4 is 11.8 Å². The maximum atomic E-state index is 12.9. The molecule has 2 amide bonds. The first-order chi connectivity index (χ1) is 12.7. The third-order valence-corrected chi connectivity index (χ3v) is 5.32. The van der Waals surface area contributed by atoms with Crippen molar-refractivity contribution in [1.29, 1.82) is 0 Å². The van der Waals surface area contributed by atoms with Gasteiger partial charge in [-0.2, -0.15) is 0 Å². The topological polar surface area (TPSA) is 71.3 Å². The normalized spacial score (nSPS) is 20.2. The molecule has 1 atom stereocenters. The van der Waals surface area contributed by atoms with E-state index in [1.54, 1.807) is 4.90 Å². The first-order valence-corrected chi connectivity index (χ1v) is 9.21. The van der Waals surface area contributed by atoms with Crippen LogP contribution in [0.1, 0.15) is 19.2 Å². The molecule has 0 unspecified atom stereocenters. The lowest BCUT2D eigenvalue weighted by Crippen LogP contribution is -2.39. The van der Waals surface area contributed by atoms with Crippen LogP contribution in [-0.2, 0) is 22.6 Å². The van der Waals surface area contributed by atoms with E-state index in [1.165, 1.54) is 0 Å². The third-order valence-electron chi connectivity index (χ3n) is 5.32. The first-order valence-electron chi connectivity index (χ1n) is 9.21. The zero-order valence-electron chi connectivity index (χ0n) is 15.0. The van der Waals surface area contributed by atoms with Crippen molar-refractivity contribution in [2.45, 2.75) is 26.3 Å². The molecule has 1 saturated heterocycles. The first kappa shape index (κ1) is 16.8. The Morgan fingerprint density at radius 3 is 2.69 bits per heavy atom. The number of aromatic nitrogens is 3. The van der Waals surface area contributed by atoms with Crippen LogP contribution in [-0.4, -0.2) is 62.6 Å². The van der Waals surface area contributed by atoms with Crippen LogP contribution in [0.3, 0.4) is 0 Å². The minimum Gasteiger partial charge on any atom is -0.342 e. The van der Waals surface area contributed by atoms with Gasteiger partial charge < -0.3 is 14.4 Å². The van der Waals surface area contributed by atoms with Gasteiger partial charge in [-0.25, -0.2) is 0 Å². The Hall–Kier alpha value is -2.70. The molecular formula is C19H23N5O2. The second-order valence-electron chi connectivity index (χ2n) is 6.87. The van der Waals surface area contributed by atoms with Crippen LogP contribution in [0.15, 0.2) is 30.3 Å². The molecule has 0 saturated carbocycles. The molecule has 2 aliphatic heterocycles. The SMILES string of the molecule is CCN1C[C@@H](C(=O)N2CCc3nnc(-c4ccccc4)n3CC2)CC1=O. The number of likely N-dealkylation sites (tertiary alicyclic amines) is 1. The number of nitrogens with zero attached hydrogens (tertiary/aromatic N) is 5. The lowest BCUT2D eigenvalue weighted by Gasteiger charge is -2.23. The average molecular weight is 353 g/mol. The van der Waals surface area contributed by atoms with Gasteiger partial charge in [-0.05, 0) is 6.92 Å². The molecule has 1 fully saturated rings. The summed E-state index contributed by atoms with van der Waals surface area (Å²) in [6.45, 7) is 5.10. The van der Waals surface area contributed by atoms with E-state index in [0.717, 1.165) is 17.2 Å². The zero-order chi connectivity index (χ0) is 18.1. The van der Waals surface area contributed by atoms with E-state index in [4.69, 9.17) is 0 Å². The number of hydrogen-bond donors (Lipinski definition) is 0. The van der Waals surface area contributed by atoms with Crippen molar-refractivity contribution < 1.29 is 9.59 Å². The minimum absolute atomic E-state index is 0.0872. The van der Waals surface area contributed by atoms with E-state index in [0.29, 0.717) is 45.6 Å². The van der Waals surface area contributed by atoms with E-state index < -0.39 is 0 Å². The highest BCUT2D eigenvalue weighted by molar-refractivity contribution is 5.89. The predicted octanol–water partition coefficient (Wildman–Crippen LogP) is 1.20. The molecule has 0 radical (unpaired) electrons. The fourth-order valence-electron chi connectivity index (χ4n) is 3.85. The van der Waals surface area contributed by atoms with Crippen LogP contribution in [0.4, 0.5) is 0 Å². The van der Waals surface area contributed by atoms with Gasteiger partial charge in [0.15, 0.2) is 5.82 Å². The molecule has 2 aromatic rings. The molecule has 26 heavy (non-hydrogen) atoms. The summed E-state index contributed by atoms with van der Waals surface area (Å²) in [7, 11) is 0. The van der Waals surface area contributed by atoms with Crippen molar-refractivity contribution in [3.8, 4) is 11.4 Å². The van der Waals surface area contributed by atoms with E-state index in [-0.39, 0.29) is 17.7 Å². The highest BCUT2D eigenvalue weighted by Crippen LogP contribution is 2.23. The van der Waals surface area contributed by atoms with Gasteiger partial charge in [0, 0.05) is 51.1 Å². The summed E-state index contributed by atoms with van der Waals surface area (Å²) < 4.78 is 2.11. The Balaban J connectivity index is 1.48. The smallest absolute Gasteiger partial charge is 0.228 e. The van der Waals surface area contributed by atoms with Crippen molar-refractivity contribution in [1.82, 2.24) is 24.6 Å². The van der Waals surface area contributed by atoms with E-state index in [1.807, 2.05) is 42.2 Å². The zero-order valence-corrected chi connectivity index (χ0v) is 15.0. The average Bonchev–Trinajstić information content (AvgIpc) is 3.19. The molecule has 1 aromatic carbocycles. The summed E-state index contributed by atoms with van der Waals surface area (Å²) >= 11 is 0. The number of amides is 2. The molecule has 4 rings (SSSR count). The van der Waals surface area contributed by atoms with Gasteiger partial charge in [0.2, 0.25) is 11.8 Å². The van der Waals surface area contributed by atoms with Crippen LogP contribution in [0.25, 0.3) is 11.4 Å². The number of carbonyl (C=O) groups excluding carboxylic acids is 2. The van der Waals surface area contributed by atoms with Crippen LogP contribution in [0.2, 0.25) is 0 Å². The van der Waals surface area contributed by atoms with Gasteiger partial charge in [0.25, 0.3) is 0 Å².